The summed E-state index contributed by atoms with van der Waals surface area (Å²) < 4.78 is 30.9. The number of rotatable bonds is 3. The zero-order valence-electron chi connectivity index (χ0n) is 10.2. The fraction of sp³-hybridized carbons (Fsp3) is 0.462. The summed E-state index contributed by atoms with van der Waals surface area (Å²) in [6.07, 6.45) is -0.118. The van der Waals surface area contributed by atoms with Crippen LogP contribution in [0.1, 0.15) is 22.3 Å². The van der Waals surface area contributed by atoms with E-state index < -0.39 is 11.9 Å². The fourth-order valence-corrected chi connectivity index (χ4v) is 2.15. The molecule has 0 spiro atoms. The molecule has 0 atom stereocenters. The number of nitrogens with zero attached hydrogens (tertiary/aromatic N) is 1. The van der Waals surface area contributed by atoms with Gasteiger partial charge in [0.25, 0.3) is 5.92 Å². The molecule has 1 aromatic rings. The second-order valence-corrected chi connectivity index (χ2v) is 4.47. The number of esters is 1. The van der Waals surface area contributed by atoms with E-state index in [4.69, 9.17) is 0 Å². The molecule has 0 bridgehead atoms. The predicted molar refractivity (Wildman–Crippen MR) is 62.6 cm³/mol. The SMILES string of the molecule is COC(=O)c1ccccc1CN1CCC(F)(F)C1. The third-order valence-corrected chi connectivity index (χ3v) is 3.07. The molecule has 98 valence electrons. The lowest BCUT2D eigenvalue weighted by atomic mass is 10.1. The van der Waals surface area contributed by atoms with E-state index in [0.29, 0.717) is 18.7 Å². The first-order chi connectivity index (χ1) is 8.52. The van der Waals surface area contributed by atoms with Crippen molar-refractivity contribution in [2.24, 2.45) is 0 Å². The number of hydrogen-bond acceptors (Lipinski definition) is 3. The average molecular weight is 255 g/mol. The molecule has 0 aromatic heterocycles. The largest absolute Gasteiger partial charge is 0.465 e. The van der Waals surface area contributed by atoms with E-state index in [0.717, 1.165) is 5.56 Å². The van der Waals surface area contributed by atoms with Crippen LogP contribution in [-0.2, 0) is 11.3 Å². The van der Waals surface area contributed by atoms with Crippen molar-refractivity contribution in [1.82, 2.24) is 4.90 Å². The highest BCUT2D eigenvalue weighted by Gasteiger charge is 2.38. The van der Waals surface area contributed by atoms with Gasteiger partial charge >= 0.3 is 5.97 Å². The Balaban J connectivity index is 2.12. The van der Waals surface area contributed by atoms with E-state index >= 15 is 0 Å². The van der Waals surface area contributed by atoms with E-state index in [1.54, 1.807) is 29.2 Å². The maximum atomic E-state index is 13.1. The van der Waals surface area contributed by atoms with Crippen molar-refractivity contribution in [1.29, 1.82) is 0 Å². The van der Waals surface area contributed by atoms with Crippen LogP contribution in [0.4, 0.5) is 8.78 Å². The van der Waals surface area contributed by atoms with Gasteiger partial charge in [-0.25, -0.2) is 13.6 Å². The van der Waals surface area contributed by atoms with Gasteiger partial charge in [-0.1, -0.05) is 18.2 Å². The summed E-state index contributed by atoms with van der Waals surface area (Å²) in [5.41, 5.74) is 1.16. The van der Waals surface area contributed by atoms with E-state index in [1.807, 2.05) is 0 Å². The van der Waals surface area contributed by atoms with Crippen LogP contribution in [0.15, 0.2) is 24.3 Å². The summed E-state index contributed by atoms with van der Waals surface area (Å²) >= 11 is 0. The maximum Gasteiger partial charge on any atom is 0.338 e. The van der Waals surface area contributed by atoms with Crippen molar-refractivity contribution in [3.8, 4) is 0 Å². The molecule has 0 amide bonds. The normalized spacial score (nSPS) is 18.8. The molecule has 2 rings (SSSR count). The molecule has 1 aliphatic rings. The number of ether oxygens (including phenoxy) is 1. The topological polar surface area (TPSA) is 29.5 Å². The fourth-order valence-electron chi connectivity index (χ4n) is 2.15. The second-order valence-electron chi connectivity index (χ2n) is 4.47. The minimum atomic E-state index is -2.61. The summed E-state index contributed by atoms with van der Waals surface area (Å²) in [4.78, 5) is 13.2. The molecule has 1 heterocycles. The number of carbonyl (C=O) groups excluding carboxylic acids is 1. The zero-order valence-corrected chi connectivity index (χ0v) is 10.2. The Hall–Kier alpha value is -1.49. The number of likely N-dealkylation sites (tertiary alicyclic amines) is 1. The van der Waals surface area contributed by atoms with Gasteiger partial charge < -0.3 is 4.74 Å². The van der Waals surface area contributed by atoms with Crippen molar-refractivity contribution in [3.63, 3.8) is 0 Å². The highest BCUT2D eigenvalue weighted by molar-refractivity contribution is 5.90. The van der Waals surface area contributed by atoms with Crippen LogP contribution in [0.2, 0.25) is 0 Å². The number of alkyl halides is 2. The molecule has 1 aliphatic heterocycles. The van der Waals surface area contributed by atoms with Crippen molar-refractivity contribution in [2.75, 3.05) is 20.2 Å². The summed E-state index contributed by atoms with van der Waals surface area (Å²) in [6, 6.07) is 6.93. The molecule has 1 fully saturated rings. The molecule has 5 heteroatoms. The van der Waals surface area contributed by atoms with Crippen molar-refractivity contribution in [3.05, 3.63) is 35.4 Å². The molecular weight excluding hydrogens is 240 g/mol. The lowest BCUT2D eigenvalue weighted by molar-refractivity contribution is 0.0115. The Kier molecular flexibility index (Phi) is 3.61. The third kappa shape index (κ3) is 2.85. The van der Waals surface area contributed by atoms with Crippen LogP contribution in [0.25, 0.3) is 0 Å². The molecule has 0 N–H and O–H groups in total. The van der Waals surface area contributed by atoms with Crippen LogP contribution in [0, 0.1) is 0 Å². The Bertz CT molecular complexity index is 448. The zero-order chi connectivity index (χ0) is 13.2. The Morgan fingerprint density at radius 3 is 2.78 bits per heavy atom. The Labute approximate surface area is 104 Å². The van der Waals surface area contributed by atoms with Crippen LogP contribution in [0.5, 0.6) is 0 Å². The molecule has 0 unspecified atom stereocenters. The van der Waals surface area contributed by atoms with Crippen LogP contribution >= 0.6 is 0 Å². The van der Waals surface area contributed by atoms with Crippen molar-refractivity contribution < 1.29 is 18.3 Å². The first-order valence-electron chi connectivity index (χ1n) is 5.78. The first kappa shape index (κ1) is 13.0. The van der Waals surface area contributed by atoms with Gasteiger partial charge in [0, 0.05) is 19.5 Å². The minimum absolute atomic E-state index is 0.118. The van der Waals surface area contributed by atoms with Gasteiger partial charge in [0.2, 0.25) is 0 Å². The standard InChI is InChI=1S/C13H15F2NO2/c1-18-12(17)11-5-3-2-4-10(11)8-16-7-6-13(14,15)9-16/h2-5H,6-9H2,1H3. The Morgan fingerprint density at radius 1 is 1.44 bits per heavy atom. The highest BCUT2D eigenvalue weighted by Crippen LogP contribution is 2.28. The highest BCUT2D eigenvalue weighted by atomic mass is 19.3. The van der Waals surface area contributed by atoms with E-state index in [-0.39, 0.29) is 13.0 Å². The lowest BCUT2D eigenvalue weighted by Gasteiger charge is -2.17. The summed E-state index contributed by atoms with van der Waals surface area (Å²) in [7, 11) is 1.31. The third-order valence-electron chi connectivity index (χ3n) is 3.07. The summed E-state index contributed by atoms with van der Waals surface area (Å²) in [6.45, 7) is 0.450. The maximum absolute atomic E-state index is 13.1. The first-order valence-corrected chi connectivity index (χ1v) is 5.78. The molecular formula is C13H15F2NO2. The van der Waals surface area contributed by atoms with Gasteiger partial charge in [0.15, 0.2) is 0 Å². The van der Waals surface area contributed by atoms with Crippen molar-refractivity contribution in [2.45, 2.75) is 18.9 Å². The molecule has 1 aromatic carbocycles. The summed E-state index contributed by atoms with van der Waals surface area (Å²) in [5, 5.41) is 0. The predicted octanol–water partition coefficient (Wildman–Crippen LogP) is 2.31. The lowest BCUT2D eigenvalue weighted by Crippen LogP contribution is -2.25. The molecule has 18 heavy (non-hydrogen) atoms. The van der Waals surface area contributed by atoms with Gasteiger partial charge in [-0.3, -0.25) is 4.90 Å². The second kappa shape index (κ2) is 5.02. The average Bonchev–Trinajstić information content (AvgIpc) is 2.68. The number of methoxy groups -OCH3 is 1. The molecule has 0 radical (unpaired) electrons. The van der Waals surface area contributed by atoms with Crippen LogP contribution in [0.3, 0.4) is 0 Å². The van der Waals surface area contributed by atoms with E-state index in [2.05, 4.69) is 4.74 Å². The molecule has 0 saturated carbocycles. The molecule has 1 saturated heterocycles. The number of benzene rings is 1. The monoisotopic (exact) mass is 255 g/mol. The van der Waals surface area contributed by atoms with Gasteiger partial charge in [0.1, 0.15) is 0 Å². The molecule has 0 aliphatic carbocycles. The minimum Gasteiger partial charge on any atom is -0.465 e. The number of halogens is 2. The van der Waals surface area contributed by atoms with E-state index in [1.165, 1.54) is 7.11 Å². The van der Waals surface area contributed by atoms with Gasteiger partial charge in [-0.05, 0) is 11.6 Å². The van der Waals surface area contributed by atoms with Crippen LogP contribution in [-0.4, -0.2) is 37.0 Å². The Morgan fingerprint density at radius 2 is 2.17 bits per heavy atom. The number of hydrogen-bond donors (Lipinski definition) is 0. The quantitative estimate of drug-likeness (QED) is 0.776. The van der Waals surface area contributed by atoms with Gasteiger partial charge in [0.05, 0.1) is 19.2 Å². The molecule has 3 nitrogen and oxygen atoms in total. The van der Waals surface area contributed by atoms with Gasteiger partial charge in [-0.15, -0.1) is 0 Å². The van der Waals surface area contributed by atoms with Gasteiger partial charge in [-0.2, -0.15) is 0 Å². The number of carbonyl (C=O) groups is 1. The van der Waals surface area contributed by atoms with Crippen molar-refractivity contribution >= 4 is 5.97 Å². The van der Waals surface area contributed by atoms with E-state index in [9.17, 15) is 13.6 Å². The van der Waals surface area contributed by atoms with Crippen LogP contribution < -0.4 is 0 Å². The smallest absolute Gasteiger partial charge is 0.338 e. The summed E-state index contributed by atoms with van der Waals surface area (Å²) in [5.74, 6) is -3.04.